The summed E-state index contributed by atoms with van der Waals surface area (Å²) < 4.78 is 0. The van der Waals surface area contributed by atoms with Crippen LogP contribution in [-0.4, -0.2) is 0 Å². The van der Waals surface area contributed by atoms with E-state index in [1.165, 1.54) is 38.5 Å². The van der Waals surface area contributed by atoms with Gasteiger partial charge in [-0.2, -0.15) is 0 Å². The molecule has 0 heterocycles. The van der Waals surface area contributed by atoms with Crippen LogP contribution in [0.5, 0.6) is 0 Å². The van der Waals surface area contributed by atoms with Gasteiger partial charge in [0, 0.05) is 6.42 Å². The molecule has 0 heteroatoms. The molecular formula is C12H21. The van der Waals surface area contributed by atoms with E-state index in [2.05, 4.69) is 19.3 Å². The average Bonchev–Trinajstić information content (AvgIpc) is 2.10. The van der Waals surface area contributed by atoms with Crippen molar-refractivity contribution in [3.05, 3.63) is 6.42 Å². The maximum absolute atomic E-state index is 5.14. The molecule has 69 valence electrons. The fourth-order valence-corrected chi connectivity index (χ4v) is 1.22. The minimum atomic E-state index is 0.912. The van der Waals surface area contributed by atoms with Crippen molar-refractivity contribution in [3.8, 4) is 12.3 Å². The second-order valence-electron chi connectivity index (χ2n) is 3.23. The molecule has 0 unspecified atom stereocenters. The molecule has 0 bridgehead atoms. The van der Waals surface area contributed by atoms with Gasteiger partial charge in [0.2, 0.25) is 0 Å². The average molecular weight is 165 g/mol. The van der Waals surface area contributed by atoms with Gasteiger partial charge < -0.3 is 0 Å². The van der Waals surface area contributed by atoms with Crippen molar-refractivity contribution >= 4 is 0 Å². The Morgan fingerprint density at radius 2 is 1.83 bits per heavy atom. The molecule has 0 fully saturated rings. The van der Waals surface area contributed by atoms with Crippen LogP contribution in [0.1, 0.15) is 58.3 Å². The summed E-state index contributed by atoms with van der Waals surface area (Å²) in [5.41, 5.74) is 0. The summed E-state index contributed by atoms with van der Waals surface area (Å²) in [6, 6.07) is 0. The first-order valence-corrected chi connectivity index (χ1v) is 5.17. The van der Waals surface area contributed by atoms with Gasteiger partial charge in [-0.15, -0.1) is 12.3 Å². The largest absolute Gasteiger partial charge is 0.120 e. The van der Waals surface area contributed by atoms with Gasteiger partial charge in [-0.05, 0) is 12.8 Å². The lowest BCUT2D eigenvalue weighted by molar-refractivity contribution is 0.623. The van der Waals surface area contributed by atoms with Gasteiger partial charge in [0.1, 0.15) is 0 Å². The molecule has 0 spiro atoms. The Labute approximate surface area is 77.8 Å². The highest BCUT2D eigenvalue weighted by atomic mass is 14.0. The predicted octanol–water partition coefficient (Wildman–Crippen LogP) is 3.96. The van der Waals surface area contributed by atoms with Gasteiger partial charge in [-0.1, -0.05) is 45.4 Å². The fraction of sp³-hybridized carbons (Fsp3) is 0.750. The molecule has 0 N–H and O–H groups in total. The Kier molecular flexibility index (Phi) is 10.2. The number of unbranched alkanes of at least 4 members (excludes halogenated alkanes) is 8. The SMILES string of the molecule is C#CCC[CH]CCCCCCC. The molecule has 0 aromatic carbocycles. The van der Waals surface area contributed by atoms with Crippen molar-refractivity contribution in [2.45, 2.75) is 58.3 Å². The Hall–Kier alpha value is -0.440. The predicted molar refractivity (Wildman–Crippen MR) is 55.7 cm³/mol. The smallest absolute Gasteiger partial charge is 0.00887 e. The molecule has 0 aromatic heterocycles. The first-order chi connectivity index (χ1) is 5.91. The molecule has 0 saturated carbocycles. The summed E-state index contributed by atoms with van der Waals surface area (Å²) in [7, 11) is 0. The van der Waals surface area contributed by atoms with Crippen LogP contribution in [-0.2, 0) is 0 Å². The summed E-state index contributed by atoms with van der Waals surface area (Å²) in [6.45, 7) is 2.25. The zero-order valence-corrected chi connectivity index (χ0v) is 8.31. The molecule has 0 atom stereocenters. The van der Waals surface area contributed by atoms with Crippen LogP contribution in [0.2, 0.25) is 0 Å². The van der Waals surface area contributed by atoms with Crippen LogP contribution < -0.4 is 0 Å². The Morgan fingerprint density at radius 3 is 2.50 bits per heavy atom. The molecular weight excluding hydrogens is 144 g/mol. The molecule has 1 radical (unpaired) electrons. The Morgan fingerprint density at radius 1 is 1.08 bits per heavy atom. The van der Waals surface area contributed by atoms with Gasteiger partial charge in [-0.3, -0.25) is 0 Å². The number of hydrogen-bond acceptors (Lipinski definition) is 0. The van der Waals surface area contributed by atoms with Gasteiger partial charge in [0.25, 0.3) is 0 Å². The van der Waals surface area contributed by atoms with Crippen molar-refractivity contribution in [2.75, 3.05) is 0 Å². The monoisotopic (exact) mass is 165 g/mol. The summed E-state index contributed by atoms with van der Waals surface area (Å²) >= 11 is 0. The third kappa shape index (κ3) is 9.56. The summed E-state index contributed by atoms with van der Waals surface area (Å²) in [6.07, 6.45) is 17.6. The van der Waals surface area contributed by atoms with Crippen LogP contribution in [0.15, 0.2) is 0 Å². The Balaban J connectivity index is 2.78. The highest BCUT2D eigenvalue weighted by molar-refractivity contribution is 4.85. The molecule has 0 aromatic rings. The second kappa shape index (κ2) is 10.6. The summed E-state index contributed by atoms with van der Waals surface area (Å²) in [4.78, 5) is 0. The van der Waals surface area contributed by atoms with Gasteiger partial charge >= 0.3 is 0 Å². The van der Waals surface area contributed by atoms with Crippen molar-refractivity contribution < 1.29 is 0 Å². The van der Waals surface area contributed by atoms with E-state index in [0.29, 0.717) is 0 Å². The maximum atomic E-state index is 5.14. The van der Waals surface area contributed by atoms with E-state index >= 15 is 0 Å². The zero-order chi connectivity index (χ0) is 9.07. The molecule has 0 aliphatic carbocycles. The van der Waals surface area contributed by atoms with Crippen molar-refractivity contribution in [1.82, 2.24) is 0 Å². The quantitative estimate of drug-likeness (QED) is 0.377. The van der Waals surface area contributed by atoms with Crippen LogP contribution in [0.25, 0.3) is 0 Å². The van der Waals surface area contributed by atoms with E-state index in [4.69, 9.17) is 6.42 Å². The molecule has 0 rings (SSSR count). The lowest BCUT2D eigenvalue weighted by Crippen LogP contribution is -1.80. The van der Waals surface area contributed by atoms with Crippen LogP contribution >= 0.6 is 0 Å². The van der Waals surface area contributed by atoms with E-state index in [-0.39, 0.29) is 0 Å². The van der Waals surface area contributed by atoms with E-state index in [1.807, 2.05) is 0 Å². The molecule has 0 amide bonds. The van der Waals surface area contributed by atoms with Crippen molar-refractivity contribution in [3.63, 3.8) is 0 Å². The summed E-state index contributed by atoms with van der Waals surface area (Å²) in [5.74, 6) is 2.65. The fourth-order valence-electron chi connectivity index (χ4n) is 1.22. The number of hydrogen-bond donors (Lipinski definition) is 0. The second-order valence-corrected chi connectivity index (χ2v) is 3.23. The minimum absolute atomic E-state index is 0.912. The highest BCUT2D eigenvalue weighted by Crippen LogP contribution is 2.08. The van der Waals surface area contributed by atoms with Crippen molar-refractivity contribution in [2.24, 2.45) is 0 Å². The number of rotatable bonds is 8. The van der Waals surface area contributed by atoms with Crippen LogP contribution in [0.3, 0.4) is 0 Å². The van der Waals surface area contributed by atoms with Gasteiger partial charge in [0.15, 0.2) is 0 Å². The highest BCUT2D eigenvalue weighted by Gasteiger charge is 1.89. The third-order valence-electron chi connectivity index (χ3n) is 2.00. The lowest BCUT2D eigenvalue weighted by atomic mass is 10.1. The minimum Gasteiger partial charge on any atom is -0.120 e. The standard InChI is InChI=1S/C12H21/c1-3-5-7-9-11-12-10-8-6-4-2/h1,9H,4-8,10-12H2,2H3. The van der Waals surface area contributed by atoms with E-state index in [9.17, 15) is 0 Å². The van der Waals surface area contributed by atoms with Crippen LogP contribution in [0, 0.1) is 18.8 Å². The van der Waals surface area contributed by atoms with E-state index in [0.717, 1.165) is 12.8 Å². The molecule has 12 heavy (non-hydrogen) atoms. The molecule has 0 saturated heterocycles. The van der Waals surface area contributed by atoms with E-state index < -0.39 is 0 Å². The van der Waals surface area contributed by atoms with Crippen molar-refractivity contribution in [1.29, 1.82) is 0 Å². The third-order valence-corrected chi connectivity index (χ3v) is 2.00. The lowest BCUT2D eigenvalue weighted by Gasteiger charge is -1.98. The van der Waals surface area contributed by atoms with Crippen LogP contribution in [0.4, 0.5) is 0 Å². The topological polar surface area (TPSA) is 0 Å². The maximum Gasteiger partial charge on any atom is 0.00887 e. The molecule has 0 aliphatic rings. The Bertz CT molecular complexity index is 108. The molecule has 0 aliphatic heterocycles. The zero-order valence-electron chi connectivity index (χ0n) is 8.31. The van der Waals surface area contributed by atoms with Gasteiger partial charge in [-0.25, -0.2) is 0 Å². The normalized spacial score (nSPS) is 9.67. The first kappa shape index (κ1) is 11.6. The van der Waals surface area contributed by atoms with Gasteiger partial charge in [0.05, 0.1) is 0 Å². The summed E-state index contributed by atoms with van der Waals surface area (Å²) in [5, 5.41) is 0. The molecule has 0 nitrogen and oxygen atoms in total. The number of terminal acetylenes is 1. The van der Waals surface area contributed by atoms with E-state index in [1.54, 1.807) is 0 Å². The first-order valence-electron chi connectivity index (χ1n) is 5.17.